The normalized spacial score (nSPS) is 14.8. The molecule has 0 saturated heterocycles. The van der Waals surface area contributed by atoms with Crippen LogP contribution in [-0.2, 0) is 6.42 Å². The summed E-state index contributed by atoms with van der Waals surface area (Å²) < 4.78 is 5.78. The van der Waals surface area contributed by atoms with Crippen molar-refractivity contribution in [3.8, 4) is 5.75 Å². The van der Waals surface area contributed by atoms with Crippen LogP contribution in [0, 0.1) is 0 Å². The first kappa shape index (κ1) is 14.3. The van der Waals surface area contributed by atoms with Gasteiger partial charge in [-0.1, -0.05) is 39.7 Å². The SMILES string of the molecule is CSc1ccc(C(Br)c2cc(Cl)cc3c2OCC3)cc1. The van der Waals surface area contributed by atoms with Gasteiger partial charge in [-0.3, -0.25) is 0 Å². The third-order valence-electron chi connectivity index (χ3n) is 3.46. The Bertz CT molecular complexity index is 627. The van der Waals surface area contributed by atoms with Crippen LogP contribution in [0.4, 0.5) is 0 Å². The van der Waals surface area contributed by atoms with Gasteiger partial charge in [-0.25, -0.2) is 0 Å². The fourth-order valence-electron chi connectivity index (χ4n) is 2.44. The molecule has 0 saturated carbocycles. The molecule has 2 aromatic carbocycles. The first-order valence-corrected chi connectivity index (χ1v) is 8.94. The summed E-state index contributed by atoms with van der Waals surface area (Å²) in [6.07, 6.45) is 3.02. The van der Waals surface area contributed by atoms with E-state index in [1.54, 1.807) is 11.8 Å². The highest BCUT2D eigenvalue weighted by Gasteiger charge is 2.22. The Kier molecular flexibility index (Phi) is 4.29. The van der Waals surface area contributed by atoms with Gasteiger partial charge in [-0.15, -0.1) is 11.8 Å². The molecule has 1 unspecified atom stereocenters. The van der Waals surface area contributed by atoms with Crippen molar-refractivity contribution < 1.29 is 4.74 Å². The van der Waals surface area contributed by atoms with Gasteiger partial charge in [0.15, 0.2) is 0 Å². The fourth-order valence-corrected chi connectivity index (χ4v) is 3.74. The lowest BCUT2D eigenvalue weighted by Gasteiger charge is -2.15. The summed E-state index contributed by atoms with van der Waals surface area (Å²) in [5.74, 6) is 0.991. The van der Waals surface area contributed by atoms with Crippen LogP contribution in [-0.4, -0.2) is 12.9 Å². The lowest BCUT2D eigenvalue weighted by molar-refractivity contribution is 0.354. The summed E-state index contributed by atoms with van der Waals surface area (Å²) in [4.78, 5) is 1.37. The van der Waals surface area contributed by atoms with Gasteiger partial charge in [0.1, 0.15) is 5.75 Å². The molecular weight excluding hydrogens is 356 g/mol. The maximum atomic E-state index is 6.23. The Morgan fingerprint density at radius 3 is 2.70 bits per heavy atom. The molecule has 4 heteroatoms. The zero-order chi connectivity index (χ0) is 14.1. The Morgan fingerprint density at radius 2 is 2.00 bits per heavy atom. The first-order chi connectivity index (χ1) is 9.69. The average Bonchev–Trinajstić information content (AvgIpc) is 2.94. The first-order valence-electron chi connectivity index (χ1n) is 6.42. The predicted molar refractivity (Wildman–Crippen MR) is 89.6 cm³/mol. The minimum absolute atomic E-state index is 0.101. The highest BCUT2D eigenvalue weighted by atomic mass is 79.9. The molecule has 1 atom stereocenters. The summed E-state index contributed by atoms with van der Waals surface area (Å²) in [5.41, 5.74) is 3.53. The van der Waals surface area contributed by atoms with E-state index in [-0.39, 0.29) is 4.83 Å². The molecule has 2 aromatic rings. The van der Waals surface area contributed by atoms with Crippen LogP contribution in [0.2, 0.25) is 5.02 Å². The Hall–Kier alpha value is -0.640. The zero-order valence-electron chi connectivity index (χ0n) is 11.0. The number of rotatable bonds is 3. The molecule has 1 nitrogen and oxygen atoms in total. The van der Waals surface area contributed by atoms with Crippen LogP contribution in [0.5, 0.6) is 5.75 Å². The second-order valence-electron chi connectivity index (χ2n) is 4.72. The molecule has 0 aliphatic carbocycles. The predicted octanol–water partition coefficient (Wildman–Crippen LogP) is 5.48. The summed E-state index contributed by atoms with van der Waals surface area (Å²) in [6.45, 7) is 0.744. The monoisotopic (exact) mass is 368 g/mol. The molecule has 20 heavy (non-hydrogen) atoms. The molecule has 0 fully saturated rings. The van der Waals surface area contributed by atoms with Crippen molar-refractivity contribution in [2.24, 2.45) is 0 Å². The van der Waals surface area contributed by atoms with Crippen molar-refractivity contribution in [3.05, 3.63) is 58.1 Å². The summed E-state index contributed by atoms with van der Waals surface area (Å²) in [5, 5.41) is 0.773. The van der Waals surface area contributed by atoms with Crippen molar-refractivity contribution in [1.82, 2.24) is 0 Å². The molecule has 1 heterocycles. The molecule has 0 radical (unpaired) electrons. The largest absolute Gasteiger partial charge is 0.493 e. The number of thioether (sulfide) groups is 1. The van der Waals surface area contributed by atoms with Crippen molar-refractivity contribution in [2.45, 2.75) is 16.1 Å². The fraction of sp³-hybridized carbons (Fsp3) is 0.250. The highest BCUT2D eigenvalue weighted by Crippen LogP contribution is 2.42. The van der Waals surface area contributed by atoms with E-state index in [4.69, 9.17) is 16.3 Å². The van der Waals surface area contributed by atoms with Crippen LogP contribution in [0.3, 0.4) is 0 Å². The molecule has 0 amide bonds. The smallest absolute Gasteiger partial charge is 0.127 e. The Morgan fingerprint density at radius 1 is 1.25 bits per heavy atom. The summed E-state index contributed by atoms with van der Waals surface area (Å²) in [7, 11) is 0. The number of benzene rings is 2. The van der Waals surface area contributed by atoms with Crippen molar-refractivity contribution in [2.75, 3.05) is 12.9 Å². The standard InChI is InChI=1S/C16H14BrClOS/c1-20-13-4-2-10(3-5-13)15(17)14-9-12(18)8-11-6-7-19-16(11)14/h2-5,8-9,15H,6-7H2,1H3. The highest BCUT2D eigenvalue weighted by molar-refractivity contribution is 9.09. The van der Waals surface area contributed by atoms with E-state index in [9.17, 15) is 0 Å². The van der Waals surface area contributed by atoms with Gasteiger partial charge in [0.2, 0.25) is 0 Å². The van der Waals surface area contributed by atoms with Gasteiger partial charge >= 0.3 is 0 Å². The van der Waals surface area contributed by atoms with E-state index in [2.05, 4.69) is 46.5 Å². The van der Waals surface area contributed by atoms with E-state index < -0.39 is 0 Å². The minimum atomic E-state index is 0.101. The van der Waals surface area contributed by atoms with Crippen LogP contribution in [0.25, 0.3) is 0 Å². The van der Waals surface area contributed by atoms with Crippen LogP contribution in [0.15, 0.2) is 41.3 Å². The van der Waals surface area contributed by atoms with E-state index in [0.717, 1.165) is 29.4 Å². The third-order valence-corrected chi connectivity index (χ3v) is 5.44. The lowest BCUT2D eigenvalue weighted by atomic mass is 10.0. The van der Waals surface area contributed by atoms with E-state index >= 15 is 0 Å². The quantitative estimate of drug-likeness (QED) is 0.523. The topological polar surface area (TPSA) is 9.23 Å². The van der Waals surface area contributed by atoms with Crippen molar-refractivity contribution >= 4 is 39.3 Å². The molecule has 1 aliphatic heterocycles. The Labute approximate surface area is 136 Å². The molecule has 104 valence electrons. The minimum Gasteiger partial charge on any atom is -0.493 e. The van der Waals surface area contributed by atoms with Gasteiger partial charge in [0.05, 0.1) is 11.4 Å². The molecule has 0 spiro atoms. The van der Waals surface area contributed by atoms with Gasteiger partial charge in [0, 0.05) is 21.9 Å². The Balaban J connectivity index is 1.99. The van der Waals surface area contributed by atoms with E-state index in [0.29, 0.717) is 0 Å². The van der Waals surface area contributed by atoms with Crippen molar-refractivity contribution in [1.29, 1.82) is 0 Å². The van der Waals surface area contributed by atoms with Crippen LogP contribution in [0.1, 0.15) is 21.5 Å². The van der Waals surface area contributed by atoms with Crippen molar-refractivity contribution in [3.63, 3.8) is 0 Å². The molecule has 0 aromatic heterocycles. The second-order valence-corrected chi connectivity index (χ2v) is 6.95. The van der Waals surface area contributed by atoms with Gasteiger partial charge in [-0.2, -0.15) is 0 Å². The van der Waals surface area contributed by atoms with Gasteiger partial charge in [-0.05, 0) is 41.6 Å². The maximum absolute atomic E-state index is 6.23. The molecule has 1 aliphatic rings. The molecule has 3 rings (SSSR count). The number of halogens is 2. The number of hydrogen-bond acceptors (Lipinski definition) is 2. The molecular formula is C16H14BrClOS. The van der Waals surface area contributed by atoms with Gasteiger partial charge < -0.3 is 4.74 Å². The maximum Gasteiger partial charge on any atom is 0.127 e. The number of ether oxygens (including phenoxy) is 1. The summed E-state index contributed by atoms with van der Waals surface area (Å²) in [6, 6.07) is 12.6. The molecule has 0 bridgehead atoms. The molecule has 0 N–H and O–H groups in total. The number of fused-ring (bicyclic) bond motifs is 1. The second kappa shape index (κ2) is 6.00. The zero-order valence-corrected chi connectivity index (χ0v) is 14.2. The third kappa shape index (κ3) is 2.72. The number of hydrogen-bond donors (Lipinski definition) is 0. The lowest BCUT2D eigenvalue weighted by Crippen LogP contribution is -1.97. The van der Waals surface area contributed by atoms with E-state index in [1.165, 1.54) is 16.0 Å². The van der Waals surface area contributed by atoms with E-state index in [1.807, 2.05) is 12.1 Å². The average molecular weight is 370 g/mol. The van der Waals surface area contributed by atoms with Crippen LogP contribution < -0.4 is 4.74 Å². The van der Waals surface area contributed by atoms with Crippen LogP contribution >= 0.6 is 39.3 Å². The van der Waals surface area contributed by atoms with Gasteiger partial charge in [0.25, 0.3) is 0 Å². The summed E-state index contributed by atoms with van der Waals surface area (Å²) >= 11 is 11.8. The number of alkyl halides is 1.